The van der Waals surface area contributed by atoms with E-state index in [0.29, 0.717) is 12.5 Å². The molecule has 0 unspecified atom stereocenters. The van der Waals surface area contributed by atoms with Gasteiger partial charge in [0.05, 0.1) is 12.1 Å². The van der Waals surface area contributed by atoms with Gasteiger partial charge in [-0.05, 0) is 41.9 Å². The molecule has 0 radical (unpaired) electrons. The lowest BCUT2D eigenvalue weighted by Gasteiger charge is -2.23. The van der Waals surface area contributed by atoms with Gasteiger partial charge in [0.1, 0.15) is 6.04 Å². The lowest BCUT2D eigenvalue weighted by atomic mass is 9.89. The van der Waals surface area contributed by atoms with E-state index in [1.165, 1.54) is 16.7 Å². The fourth-order valence-corrected chi connectivity index (χ4v) is 4.26. The third kappa shape index (κ3) is 3.11. The summed E-state index contributed by atoms with van der Waals surface area (Å²) in [6.45, 7) is 1.51. The molecule has 0 spiro atoms. The normalized spacial score (nSPS) is 25.2. The highest BCUT2D eigenvalue weighted by Crippen LogP contribution is 2.34. The van der Waals surface area contributed by atoms with Crippen LogP contribution in [0.4, 0.5) is 0 Å². The molecule has 1 amide bonds. The minimum atomic E-state index is -0.250. The summed E-state index contributed by atoms with van der Waals surface area (Å²) in [5.74, 6) is 0.400. The van der Waals surface area contributed by atoms with Crippen LogP contribution in [-0.2, 0) is 4.79 Å². The molecule has 1 N–H and O–H groups in total. The molecule has 0 saturated carbocycles. The molecule has 2 aliphatic heterocycles. The monoisotopic (exact) mass is 345 g/mol. The van der Waals surface area contributed by atoms with E-state index in [1.54, 1.807) is 4.90 Å². The molecule has 4 rings (SSSR count). The van der Waals surface area contributed by atoms with Crippen molar-refractivity contribution in [3.63, 3.8) is 0 Å². The second kappa shape index (κ2) is 7.31. The predicted molar refractivity (Wildman–Crippen MR) is 101 cm³/mol. The summed E-state index contributed by atoms with van der Waals surface area (Å²) in [5.41, 5.74) is 3.74. The summed E-state index contributed by atoms with van der Waals surface area (Å²) in [5, 5.41) is 12.7. The molecule has 2 aromatic carbocycles. The van der Waals surface area contributed by atoms with Crippen molar-refractivity contribution in [2.45, 2.75) is 37.3 Å². The van der Waals surface area contributed by atoms with Crippen molar-refractivity contribution in [2.75, 3.05) is 13.1 Å². The smallest absolute Gasteiger partial charge is 0.240 e. The first-order valence-electron chi connectivity index (χ1n) is 9.36. The van der Waals surface area contributed by atoms with Gasteiger partial charge in [-0.15, -0.1) is 0 Å². The van der Waals surface area contributed by atoms with E-state index in [1.807, 2.05) is 6.07 Å². The SMILES string of the molecule is N#C[C@@H]1CCCN1C(=O)[C@@H]1C[C@H](c2ccccc2-c2ccccc2)CN1. The maximum Gasteiger partial charge on any atom is 0.240 e. The number of rotatable bonds is 3. The van der Waals surface area contributed by atoms with E-state index in [9.17, 15) is 10.1 Å². The van der Waals surface area contributed by atoms with Crippen molar-refractivity contribution < 1.29 is 4.79 Å². The Hall–Kier alpha value is -2.64. The van der Waals surface area contributed by atoms with E-state index < -0.39 is 0 Å². The van der Waals surface area contributed by atoms with Crippen molar-refractivity contribution in [3.8, 4) is 17.2 Å². The van der Waals surface area contributed by atoms with Gasteiger partial charge in [0.2, 0.25) is 5.91 Å². The molecule has 2 heterocycles. The molecule has 4 heteroatoms. The maximum absolute atomic E-state index is 12.9. The highest BCUT2D eigenvalue weighted by Gasteiger charge is 2.37. The molecule has 2 saturated heterocycles. The lowest BCUT2D eigenvalue weighted by Crippen LogP contribution is -2.45. The molecule has 26 heavy (non-hydrogen) atoms. The van der Waals surface area contributed by atoms with Crippen molar-refractivity contribution in [2.24, 2.45) is 0 Å². The third-order valence-electron chi connectivity index (χ3n) is 5.60. The Balaban J connectivity index is 1.53. The summed E-state index contributed by atoms with van der Waals surface area (Å²) in [6, 6.07) is 20.7. The maximum atomic E-state index is 12.9. The molecule has 132 valence electrons. The fourth-order valence-electron chi connectivity index (χ4n) is 4.26. The van der Waals surface area contributed by atoms with Crippen molar-refractivity contribution in [3.05, 3.63) is 60.2 Å². The van der Waals surface area contributed by atoms with Gasteiger partial charge in [0.25, 0.3) is 0 Å². The summed E-state index contributed by atoms with van der Waals surface area (Å²) < 4.78 is 0. The van der Waals surface area contributed by atoms with Crippen LogP contribution in [0.3, 0.4) is 0 Å². The second-order valence-corrected chi connectivity index (χ2v) is 7.17. The number of hydrogen-bond donors (Lipinski definition) is 1. The van der Waals surface area contributed by atoms with Gasteiger partial charge in [0.15, 0.2) is 0 Å². The number of nitriles is 1. The third-order valence-corrected chi connectivity index (χ3v) is 5.60. The van der Waals surface area contributed by atoms with E-state index in [-0.39, 0.29) is 18.0 Å². The molecule has 4 nitrogen and oxygen atoms in total. The molecule has 3 atom stereocenters. The molecule has 2 aliphatic rings. The van der Waals surface area contributed by atoms with Crippen molar-refractivity contribution >= 4 is 5.91 Å². The summed E-state index contributed by atoms with van der Waals surface area (Å²) >= 11 is 0. The summed E-state index contributed by atoms with van der Waals surface area (Å²) in [4.78, 5) is 14.6. The number of nitrogens with one attached hydrogen (secondary N) is 1. The minimum Gasteiger partial charge on any atom is -0.325 e. The number of amides is 1. The fraction of sp³-hybridized carbons (Fsp3) is 0.364. The van der Waals surface area contributed by atoms with E-state index in [2.05, 4.69) is 59.9 Å². The summed E-state index contributed by atoms with van der Waals surface area (Å²) in [7, 11) is 0. The standard InChI is InChI=1S/C22H23N3O/c23-14-18-9-6-12-25(18)22(26)21-13-17(15-24-21)20-11-5-4-10-19(20)16-7-2-1-3-8-16/h1-5,7-8,10-11,17-18,21,24H,6,9,12-13,15H2/t17-,18-,21-/m0/s1. The minimum absolute atomic E-state index is 0.0914. The Bertz CT molecular complexity index is 827. The zero-order valence-corrected chi connectivity index (χ0v) is 14.8. The van der Waals surface area contributed by atoms with Gasteiger partial charge in [-0.25, -0.2) is 0 Å². The molecular formula is C22H23N3O. The Kier molecular flexibility index (Phi) is 4.73. The van der Waals surface area contributed by atoms with Crippen LogP contribution in [0.25, 0.3) is 11.1 Å². The molecule has 0 bridgehead atoms. The van der Waals surface area contributed by atoms with Crippen LogP contribution in [0.1, 0.15) is 30.7 Å². The number of carbonyl (C=O) groups is 1. The largest absolute Gasteiger partial charge is 0.325 e. The number of likely N-dealkylation sites (tertiary alicyclic amines) is 1. The predicted octanol–water partition coefficient (Wildman–Crippen LogP) is 3.31. The van der Waals surface area contributed by atoms with Crippen LogP contribution in [0.5, 0.6) is 0 Å². The zero-order valence-electron chi connectivity index (χ0n) is 14.8. The molecule has 0 aliphatic carbocycles. The second-order valence-electron chi connectivity index (χ2n) is 7.17. The number of hydrogen-bond acceptors (Lipinski definition) is 3. The first-order chi connectivity index (χ1) is 12.8. The van der Waals surface area contributed by atoms with Crippen LogP contribution in [0.15, 0.2) is 54.6 Å². The lowest BCUT2D eigenvalue weighted by molar-refractivity contribution is -0.133. The highest BCUT2D eigenvalue weighted by molar-refractivity contribution is 5.83. The van der Waals surface area contributed by atoms with Crippen LogP contribution in [0.2, 0.25) is 0 Å². The van der Waals surface area contributed by atoms with Gasteiger partial charge in [-0.2, -0.15) is 5.26 Å². The Morgan fingerprint density at radius 3 is 2.69 bits per heavy atom. The van der Waals surface area contributed by atoms with Gasteiger partial charge in [-0.3, -0.25) is 4.79 Å². The molecule has 0 aromatic heterocycles. The average molecular weight is 345 g/mol. The topological polar surface area (TPSA) is 56.1 Å². The van der Waals surface area contributed by atoms with Gasteiger partial charge in [0, 0.05) is 13.1 Å². The Labute approximate surface area is 154 Å². The number of carbonyl (C=O) groups excluding carboxylic acids is 1. The molecule has 2 fully saturated rings. The first-order valence-corrected chi connectivity index (χ1v) is 9.36. The van der Waals surface area contributed by atoms with Gasteiger partial charge in [-0.1, -0.05) is 54.6 Å². The highest BCUT2D eigenvalue weighted by atomic mass is 16.2. The van der Waals surface area contributed by atoms with Crippen LogP contribution >= 0.6 is 0 Å². The Morgan fingerprint density at radius 2 is 1.88 bits per heavy atom. The van der Waals surface area contributed by atoms with Gasteiger partial charge >= 0.3 is 0 Å². The molecular weight excluding hydrogens is 322 g/mol. The average Bonchev–Trinajstić information content (AvgIpc) is 3.37. The van der Waals surface area contributed by atoms with Crippen molar-refractivity contribution in [1.29, 1.82) is 5.26 Å². The number of nitrogens with zero attached hydrogens (tertiary/aromatic N) is 2. The first kappa shape index (κ1) is 16.8. The van der Waals surface area contributed by atoms with Gasteiger partial charge < -0.3 is 10.2 Å². The van der Waals surface area contributed by atoms with E-state index in [0.717, 1.165) is 25.8 Å². The zero-order chi connectivity index (χ0) is 17.9. The van der Waals surface area contributed by atoms with E-state index >= 15 is 0 Å². The molecule has 2 aromatic rings. The summed E-state index contributed by atoms with van der Waals surface area (Å²) in [6.07, 6.45) is 2.52. The van der Waals surface area contributed by atoms with Crippen molar-refractivity contribution in [1.82, 2.24) is 10.2 Å². The Morgan fingerprint density at radius 1 is 1.12 bits per heavy atom. The quantitative estimate of drug-likeness (QED) is 0.928. The van der Waals surface area contributed by atoms with E-state index in [4.69, 9.17) is 0 Å². The van der Waals surface area contributed by atoms with Crippen LogP contribution < -0.4 is 5.32 Å². The van der Waals surface area contributed by atoms with Crippen LogP contribution in [-0.4, -0.2) is 36.0 Å². The van der Waals surface area contributed by atoms with Crippen LogP contribution in [0, 0.1) is 11.3 Å². The number of benzene rings is 2.